The van der Waals surface area contributed by atoms with Crippen LogP contribution in [0.1, 0.15) is 17.0 Å². The minimum absolute atomic E-state index is 0.264. The molecule has 1 aliphatic rings. The number of benzene rings is 2. The van der Waals surface area contributed by atoms with Gasteiger partial charge < -0.3 is 5.11 Å². The van der Waals surface area contributed by atoms with Crippen LogP contribution in [0.4, 0.5) is 0 Å². The maximum absolute atomic E-state index is 10.5. The second-order valence-corrected chi connectivity index (χ2v) is 7.16. The molecule has 2 aromatic rings. The Balaban J connectivity index is 1.75. The first-order valence-electron chi connectivity index (χ1n) is 6.38. The summed E-state index contributed by atoms with van der Waals surface area (Å²) in [6, 6.07) is 16.8. The minimum atomic E-state index is -0.295. The Bertz CT molecular complexity index is 567. The van der Waals surface area contributed by atoms with Crippen LogP contribution in [-0.4, -0.2) is 17.0 Å². The topological polar surface area (TPSA) is 20.2 Å². The molecule has 98 valence electrons. The number of aliphatic hydroxyl groups excluding tert-OH is 1. The third-order valence-corrected chi connectivity index (χ3v) is 5.49. The van der Waals surface area contributed by atoms with Crippen LogP contribution in [0, 0.1) is 3.57 Å². The van der Waals surface area contributed by atoms with Crippen LogP contribution in [0.5, 0.6) is 0 Å². The number of hydrogen-bond donors (Lipinski definition) is 1. The van der Waals surface area contributed by atoms with Gasteiger partial charge >= 0.3 is 0 Å². The number of thioether (sulfide) groups is 1. The zero-order chi connectivity index (χ0) is 13.2. The Labute approximate surface area is 131 Å². The molecule has 0 spiro atoms. The fraction of sp³-hybridized carbons (Fsp3) is 0.250. The van der Waals surface area contributed by atoms with E-state index in [9.17, 15) is 5.11 Å². The summed E-state index contributed by atoms with van der Waals surface area (Å²) < 4.78 is 1.23. The van der Waals surface area contributed by atoms with Crippen molar-refractivity contribution in [1.29, 1.82) is 0 Å². The summed E-state index contributed by atoms with van der Waals surface area (Å²) in [5.41, 5.74) is 2.52. The van der Waals surface area contributed by atoms with Gasteiger partial charge in [0.15, 0.2) is 0 Å². The number of halogens is 1. The van der Waals surface area contributed by atoms with Crippen molar-refractivity contribution in [2.24, 2.45) is 0 Å². The Hall–Kier alpha value is -0.520. The average Bonchev–Trinajstić information content (AvgIpc) is 2.85. The van der Waals surface area contributed by atoms with Gasteiger partial charge in [0, 0.05) is 20.1 Å². The number of fused-ring (bicyclic) bond motifs is 1. The normalized spacial score (nSPS) is 19.2. The molecule has 1 N–H and O–H groups in total. The Morgan fingerprint density at radius 2 is 1.89 bits per heavy atom. The van der Waals surface area contributed by atoms with Gasteiger partial charge in [-0.15, -0.1) is 11.8 Å². The van der Waals surface area contributed by atoms with Crippen molar-refractivity contribution >= 4 is 34.4 Å². The van der Waals surface area contributed by atoms with E-state index >= 15 is 0 Å². The van der Waals surface area contributed by atoms with Crippen LogP contribution in [-0.2, 0) is 6.42 Å². The van der Waals surface area contributed by atoms with Gasteiger partial charge in [0.1, 0.15) is 0 Å². The highest BCUT2D eigenvalue weighted by atomic mass is 127. The Morgan fingerprint density at radius 3 is 2.68 bits per heavy atom. The molecule has 0 aliphatic carbocycles. The van der Waals surface area contributed by atoms with Crippen LogP contribution in [0.2, 0.25) is 0 Å². The van der Waals surface area contributed by atoms with Gasteiger partial charge in [0.2, 0.25) is 0 Å². The first kappa shape index (κ1) is 13.5. The summed E-state index contributed by atoms with van der Waals surface area (Å²) in [4.78, 5) is 1.33. The SMILES string of the molecule is OC(Cc1ccc(I)cc1)C1CSc2ccccc21. The molecule has 3 heteroatoms. The van der Waals surface area contributed by atoms with E-state index < -0.39 is 0 Å². The lowest BCUT2D eigenvalue weighted by Gasteiger charge is -2.18. The molecule has 0 aromatic heterocycles. The summed E-state index contributed by atoms with van der Waals surface area (Å²) in [5, 5.41) is 10.5. The standard InChI is InChI=1S/C16H15IOS/c17-12-7-5-11(6-8-12)9-15(18)14-10-19-16-4-2-1-3-13(14)16/h1-8,14-15,18H,9-10H2. The quantitative estimate of drug-likeness (QED) is 0.808. The first-order valence-corrected chi connectivity index (χ1v) is 8.45. The fourth-order valence-corrected chi connectivity index (χ4v) is 4.19. The third kappa shape index (κ3) is 2.98. The molecule has 2 atom stereocenters. The Kier molecular flexibility index (Phi) is 4.15. The molecule has 1 nitrogen and oxygen atoms in total. The molecule has 19 heavy (non-hydrogen) atoms. The van der Waals surface area contributed by atoms with Crippen LogP contribution < -0.4 is 0 Å². The molecule has 0 saturated heterocycles. The molecule has 0 bridgehead atoms. The van der Waals surface area contributed by atoms with Gasteiger partial charge in [-0.05, 0) is 58.3 Å². The Morgan fingerprint density at radius 1 is 1.16 bits per heavy atom. The summed E-state index contributed by atoms with van der Waals surface area (Å²) in [6.07, 6.45) is 0.437. The molecule has 2 aromatic carbocycles. The van der Waals surface area contributed by atoms with Crippen molar-refractivity contribution in [3.05, 3.63) is 63.2 Å². The van der Waals surface area contributed by atoms with E-state index in [4.69, 9.17) is 0 Å². The lowest BCUT2D eigenvalue weighted by atomic mass is 9.91. The summed E-state index contributed by atoms with van der Waals surface area (Å²) in [6.45, 7) is 0. The van der Waals surface area contributed by atoms with Crippen LogP contribution >= 0.6 is 34.4 Å². The second-order valence-electron chi connectivity index (χ2n) is 4.85. The first-order chi connectivity index (χ1) is 9.24. The van der Waals surface area contributed by atoms with Gasteiger partial charge in [-0.1, -0.05) is 30.3 Å². The molecule has 1 aliphatic heterocycles. The van der Waals surface area contributed by atoms with Crippen LogP contribution in [0.25, 0.3) is 0 Å². The van der Waals surface area contributed by atoms with Gasteiger partial charge in [-0.2, -0.15) is 0 Å². The van der Waals surface area contributed by atoms with E-state index in [1.807, 2.05) is 11.8 Å². The zero-order valence-electron chi connectivity index (χ0n) is 10.4. The van der Waals surface area contributed by atoms with Crippen LogP contribution in [0.15, 0.2) is 53.4 Å². The van der Waals surface area contributed by atoms with Crippen molar-refractivity contribution in [2.75, 3.05) is 5.75 Å². The second kappa shape index (κ2) is 5.85. The molecule has 0 saturated carbocycles. The van der Waals surface area contributed by atoms with Gasteiger partial charge in [0.25, 0.3) is 0 Å². The van der Waals surface area contributed by atoms with E-state index in [-0.39, 0.29) is 12.0 Å². The minimum Gasteiger partial charge on any atom is -0.392 e. The van der Waals surface area contributed by atoms with E-state index in [0.29, 0.717) is 0 Å². The molecule has 0 fully saturated rings. The molecular formula is C16H15IOS. The van der Waals surface area contributed by atoms with E-state index in [2.05, 4.69) is 71.1 Å². The number of rotatable bonds is 3. The molecule has 0 radical (unpaired) electrons. The maximum Gasteiger partial charge on any atom is 0.0657 e. The number of aliphatic hydroxyl groups is 1. The van der Waals surface area contributed by atoms with Crippen molar-refractivity contribution in [3.63, 3.8) is 0 Å². The highest BCUT2D eigenvalue weighted by Gasteiger charge is 2.28. The zero-order valence-corrected chi connectivity index (χ0v) is 13.4. The monoisotopic (exact) mass is 382 g/mol. The van der Waals surface area contributed by atoms with Crippen LogP contribution in [0.3, 0.4) is 0 Å². The highest BCUT2D eigenvalue weighted by Crippen LogP contribution is 2.41. The predicted molar refractivity (Wildman–Crippen MR) is 88.8 cm³/mol. The summed E-state index contributed by atoms with van der Waals surface area (Å²) in [5.74, 6) is 1.26. The van der Waals surface area contributed by atoms with Crippen molar-refractivity contribution in [1.82, 2.24) is 0 Å². The highest BCUT2D eigenvalue weighted by molar-refractivity contribution is 14.1. The summed E-state index contributed by atoms with van der Waals surface area (Å²) >= 11 is 4.16. The van der Waals surface area contributed by atoms with E-state index in [1.165, 1.54) is 19.6 Å². The molecule has 0 amide bonds. The van der Waals surface area contributed by atoms with Gasteiger partial charge in [0.05, 0.1) is 6.10 Å². The lowest BCUT2D eigenvalue weighted by molar-refractivity contribution is 0.151. The molecular weight excluding hydrogens is 367 g/mol. The van der Waals surface area contributed by atoms with Gasteiger partial charge in [-0.3, -0.25) is 0 Å². The fourth-order valence-electron chi connectivity index (χ4n) is 2.51. The smallest absolute Gasteiger partial charge is 0.0657 e. The van der Waals surface area contributed by atoms with Crippen molar-refractivity contribution in [2.45, 2.75) is 23.3 Å². The third-order valence-electron chi connectivity index (χ3n) is 3.56. The van der Waals surface area contributed by atoms with E-state index in [0.717, 1.165) is 12.2 Å². The summed E-state index contributed by atoms with van der Waals surface area (Å²) in [7, 11) is 0. The van der Waals surface area contributed by atoms with Crippen molar-refractivity contribution in [3.8, 4) is 0 Å². The largest absolute Gasteiger partial charge is 0.392 e. The molecule has 3 rings (SSSR count). The molecule has 2 unspecified atom stereocenters. The predicted octanol–water partition coefficient (Wildman–Crippen LogP) is 4.08. The molecule has 1 heterocycles. The maximum atomic E-state index is 10.5. The lowest BCUT2D eigenvalue weighted by Crippen LogP contribution is -2.21. The van der Waals surface area contributed by atoms with Gasteiger partial charge in [-0.25, -0.2) is 0 Å². The average molecular weight is 382 g/mol. The number of hydrogen-bond acceptors (Lipinski definition) is 2. The van der Waals surface area contributed by atoms with Crippen molar-refractivity contribution < 1.29 is 5.11 Å². The van der Waals surface area contributed by atoms with E-state index in [1.54, 1.807) is 0 Å².